The second kappa shape index (κ2) is 8.37. The van der Waals surface area contributed by atoms with E-state index in [1.807, 2.05) is 40.1 Å². The molecule has 5 rings (SSSR count). The van der Waals surface area contributed by atoms with Crippen molar-refractivity contribution in [3.8, 4) is 11.5 Å². The summed E-state index contributed by atoms with van der Waals surface area (Å²) in [4.78, 5) is 32.1. The van der Waals surface area contributed by atoms with Gasteiger partial charge in [-0.1, -0.05) is 18.2 Å². The molecule has 168 valence electrons. The van der Waals surface area contributed by atoms with Gasteiger partial charge in [0, 0.05) is 25.2 Å². The Hall–Kier alpha value is -3.22. The minimum atomic E-state index is -0.205. The van der Waals surface area contributed by atoms with Crippen molar-refractivity contribution in [3.63, 3.8) is 0 Å². The Bertz CT molecular complexity index is 1050. The molecular formula is C25H29N3O4. The van der Waals surface area contributed by atoms with E-state index in [2.05, 4.69) is 6.07 Å². The van der Waals surface area contributed by atoms with Crippen molar-refractivity contribution in [2.24, 2.45) is 0 Å². The normalized spacial score (nSPS) is 19.8. The molecular weight excluding hydrogens is 406 g/mol. The first-order valence-corrected chi connectivity index (χ1v) is 11.3. The predicted octanol–water partition coefficient (Wildman–Crippen LogP) is 3.60. The maximum Gasteiger partial charge on any atom is 0.325 e. The van der Waals surface area contributed by atoms with Gasteiger partial charge in [0.1, 0.15) is 6.54 Å². The number of amides is 3. The Kier molecular flexibility index (Phi) is 5.41. The third-order valence-electron chi connectivity index (χ3n) is 6.87. The van der Waals surface area contributed by atoms with Crippen molar-refractivity contribution < 1.29 is 19.1 Å². The summed E-state index contributed by atoms with van der Waals surface area (Å²) < 4.78 is 11.0. The smallest absolute Gasteiger partial charge is 0.325 e. The zero-order chi connectivity index (χ0) is 22.2. The van der Waals surface area contributed by atoms with E-state index in [9.17, 15) is 9.59 Å². The lowest BCUT2D eigenvalue weighted by Crippen LogP contribution is -2.55. The van der Waals surface area contributed by atoms with Gasteiger partial charge in [-0.25, -0.2) is 4.79 Å². The molecule has 1 unspecified atom stereocenters. The van der Waals surface area contributed by atoms with Crippen LogP contribution in [0, 0.1) is 0 Å². The van der Waals surface area contributed by atoms with Gasteiger partial charge < -0.3 is 19.3 Å². The number of hydrogen-bond donors (Lipinski definition) is 0. The topological polar surface area (TPSA) is 62.3 Å². The Morgan fingerprint density at radius 3 is 2.44 bits per heavy atom. The number of methoxy groups -OCH3 is 2. The highest BCUT2D eigenvalue weighted by molar-refractivity contribution is 6.01. The largest absolute Gasteiger partial charge is 0.493 e. The number of piperidine rings is 1. The van der Waals surface area contributed by atoms with Gasteiger partial charge in [0.25, 0.3) is 0 Å². The van der Waals surface area contributed by atoms with Crippen LogP contribution in [0.4, 0.5) is 10.5 Å². The number of urea groups is 1. The van der Waals surface area contributed by atoms with Gasteiger partial charge in [-0.3, -0.25) is 9.69 Å². The summed E-state index contributed by atoms with van der Waals surface area (Å²) >= 11 is 0. The molecule has 7 heteroatoms. The molecule has 1 fully saturated rings. The van der Waals surface area contributed by atoms with E-state index < -0.39 is 0 Å². The van der Waals surface area contributed by atoms with Gasteiger partial charge in [-0.2, -0.15) is 0 Å². The second-order valence-electron chi connectivity index (χ2n) is 8.62. The molecule has 0 aromatic heterocycles. The molecule has 0 radical (unpaired) electrons. The van der Waals surface area contributed by atoms with E-state index in [4.69, 9.17) is 9.47 Å². The Balaban J connectivity index is 1.54. The standard InChI is InChI=1S/C25H29N3O4/c1-31-21-14-17-10-13-27-24(19(17)15-22(21)32-2)18-8-4-5-9-20(18)28(25(27)30)16-23(29)26-11-6-3-7-12-26/h4-5,8-9,14-15,24H,3,6-7,10-13,16H2,1-2H3. The molecule has 0 aliphatic carbocycles. The highest BCUT2D eigenvalue weighted by Gasteiger charge is 2.42. The zero-order valence-corrected chi connectivity index (χ0v) is 18.7. The molecule has 0 bridgehead atoms. The van der Waals surface area contributed by atoms with Crippen molar-refractivity contribution in [1.82, 2.24) is 9.80 Å². The number of likely N-dealkylation sites (tertiary alicyclic amines) is 1. The van der Waals surface area contributed by atoms with Crippen molar-refractivity contribution in [1.29, 1.82) is 0 Å². The summed E-state index contributed by atoms with van der Waals surface area (Å²) in [6.45, 7) is 2.24. The maximum atomic E-state index is 13.7. The molecule has 0 saturated carbocycles. The van der Waals surface area contributed by atoms with E-state index in [0.29, 0.717) is 18.0 Å². The average Bonchev–Trinajstić information content (AvgIpc) is 2.85. The number of nitrogens with zero attached hydrogens (tertiary/aromatic N) is 3. The van der Waals surface area contributed by atoms with Crippen LogP contribution in [0.15, 0.2) is 36.4 Å². The van der Waals surface area contributed by atoms with Crippen LogP contribution in [0.3, 0.4) is 0 Å². The summed E-state index contributed by atoms with van der Waals surface area (Å²) in [7, 11) is 3.26. The number of carbonyl (C=O) groups excluding carboxylic acids is 2. The molecule has 0 spiro atoms. The van der Waals surface area contributed by atoms with Crippen LogP contribution in [0.5, 0.6) is 11.5 Å². The van der Waals surface area contributed by atoms with Gasteiger partial charge in [0.05, 0.1) is 25.9 Å². The summed E-state index contributed by atoms with van der Waals surface area (Å²) in [6, 6.07) is 11.6. The molecule has 32 heavy (non-hydrogen) atoms. The Labute approximate surface area is 188 Å². The molecule has 1 saturated heterocycles. The molecule has 3 heterocycles. The molecule has 0 N–H and O–H groups in total. The molecule has 2 aromatic rings. The van der Waals surface area contributed by atoms with Gasteiger partial charge in [-0.05, 0) is 55.0 Å². The van der Waals surface area contributed by atoms with Gasteiger partial charge in [0.2, 0.25) is 5.91 Å². The first kappa shape index (κ1) is 20.7. The number of rotatable bonds is 4. The lowest BCUT2D eigenvalue weighted by atomic mass is 9.85. The molecule has 3 aliphatic heterocycles. The number of ether oxygens (including phenoxy) is 2. The third kappa shape index (κ3) is 3.36. The minimum absolute atomic E-state index is 0.0233. The second-order valence-corrected chi connectivity index (χ2v) is 8.62. The highest BCUT2D eigenvalue weighted by atomic mass is 16.5. The van der Waals surface area contributed by atoms with Crippen LogP contribution < -0.4 is 14.4 Å². The van der Waals surface area contributed by atoms with E-state index in [-0.39, 0.29) is 24.5 Å². The molecule has 2 aromatic carbocycles. The van der Waals surface area contributed by atoms with E-state index in [0.717, 1.165) is 54.7 Å². The third-order valence-corrected chi connectivity index (χ3v) is 6.87. The highest BCUT2D eigenvalue weighted by Crippen LogP contribution is 2.46. The number of para-hydroxylation sites is 1. The number of benzene rings is 2. The lowest BCUT2D eigenvalue weighted by Gasteiger charge is -2.46. The van der Waals surface area contributed by atoms with Gasteiger partial charge in [-0.15, -0.1) is 0 Å². The zero-order valence-electron chi connectivity index (χ0n) is 18.7. The first-order chi connectivity index (χ1) is 15.6. The van der Waals surface area contributed by atoms with Gasteiger partial charge >= 0.3 is 6.03 Å². The summed E-state index contributed by atoms with van der Waals surface area (Å²) in [5.41, 5.74) is 4.06. The molecule has 3 amide bonds. The van der Waals surface area contributed by atoms with Gasteiger partial charge in [0.15, 0.2) is 11.5 Å². The summed E-state index contributed by atoms with van der Waals surface area (Å²) in [6.07, 6.45) is 3.96. The minimum Gasteiger partial charge on any atom is -0.493 e. The summed E-state index contributed by atoms with van der Waals surface area (Å²) in [5, 5.41) is 0. The fourth-order valence-electron chi connectivity index (χ4n) is 5.24. The van der Waals surface area contributed by atoms with E-state index >= 15 is 0 Å². The monoisotopic (exact) mass is 435 g/mol. The quantitative estimate of drug-likeness (QED) is 0.736. The average molecular weight is 436 g/mol. The number of fused-ring (bicyclic) bond motifs is 5. The maximum absolute atomic E-state index is 13.7. The van der Waals surface area contributed by atoms with Crippen LogP contribution in [0.2, 0.25) is 0 Å². The van der Waals surface area contributed by atoms with Crippen molar-refractivity contribution in [2.45, 2.75) is 31.7 Å². The molecule has 7 nitrogen and oxygen atoms in total. The van der Waals surface area contributed by atoms with Crippen LogP contribution in [0.25, 0.3) is 0 Å². The van der Waals surface area contributed by atoms with E-state index in [1.54, 1.807) is 19.1 Å². The van der Waals surface area contributed by atoms with E-state index in [1.165, 1.54) is 6.42 Å². The van der Waals surface area contributed by atoms with Crippen molar-refractivity contribution in [2.75, 3.05) is 45.3 Å². The van der Waals surface area contributed by atoms with Crippen LogP contribution >= 0.6 is 0 Å². The van der Waals surface area contributed by atoms with Crippen LogP contribution in [0.1, 0.15) is 42.0 Å². The van der Waals surface area contributed by atoms with Crippen LogP contribution in [-0.2, 0) is 11.2 Å². The number of carbonyl (C=O) groups is 2. The first-order valence-electron chi connectivity index (χ1n) is 11.3. The Morgan fingerprint density at radius 1 is 0.969 bits per heavy atom. The Morgan fingerprint density at radius 2 is 1.69 bits per heavy atom. The van der Waals surface area contributed by atoms with Crippen LogP contribution in [-0.4, -0.2) is 62.1 Å². The SMILES string of the molecule is COc1cc2c(cc1OC)C1c3ccccc3N(CC(=O)N3CCCCC3)C(=O)N1CC2. The predicted molar refractivity (Wildman–Crippen MR) is 121 cm³/mol. The van der Waals surface area contributed by atoms with Crippen molar-refractivity contribution in [3.05, 3.63) is 53.1 Å². The fraction of sp³-hybridized carbons (Fsp3) is 0.440. The summed E-state index contributed by atoms with van der Waals surface area (Å²) in [5.74, 6) is 1.37. The lowest BCUT2D eigenvalue weighted by molar-refractivity contribution is -0.130. The molecule has 1 atom stereocenters. The van der Waals surface area contributed by atoms with Crippen molar-refractivity contribution >= 4 is 17.6 Å². The number of hydrogen-bond acceptors (Lipinski definition) is 4. The number of anilines is 1. The fourth-order valence-corrected chi connectivity index (χ4v) is 5.24. The molecule has 3 aliphatic rings.